The van der Waals surface area contributed by atoms with E-state index in [0.717, 1.165) is 37.8 Å². The highest BCUT2D eigenvalue weighted by Gasteiger charge is 2.32. The lowest BCUT2D eigenvalue weighted by Gasteiger charge is -2.29. The molecule has 1 unspecified atom stereocenters. The normalized spacial score (nSPS) is 15.5. The zero-order valence-electron chi connectivity index (χ0n) is 98.0. The number of Topliss-reactive ketones (excluding diaryl/α,β-unsaturated/α-hetero) is 1. The average molecular weight is 2090 g/mol. The molecular weight excluding hydrogens is 1900 g/mol. The van der Waals surface area contributed by atoms with Gasteiger partial charge in [-0.05, 0) is 164 Å². The number of allylic oxidation sites excluding steroid dienone is 14. The summed E-state index contributed by atoms with van der Waals surface area (Å²) in [6, 6.07) is 4.06. The Labute approximate surface area is 893 Å². The van der Waals surface area contributed by atoms with E-state index in [9.17, 15) is 71.9 Å². The van der Waals surface area contributed by atoms with Gasteiger partial charge in [0.05, 0.1) is 32.8 Å². The second-order valence-corrected chi connectivity index (χ2v) is 39.1. The number of ketones is 12. The lowest BCUT2D eigenvalue weighted by atomic mass is 10.1. The van der Waals surface area contributed by atoms with Gasteiger partial charge in [0, 0.05) is 152 Å². The molecule has 0 aromatic carbocycles. The van der Waals surface area contributed by atoms with E-state index in [1.165, 1.54) is 61.5 Å². The lowest BCUT2D eigenvalue weighted by molar-refractivity contribution is -0.142. The molecule has 1 atom stereocenters. The monoisotopic (exact) mass is 2090 g/mol. The van der Waals surface area contributed by atoms with E-state index in [1.807, 2.05) is 237 Å². The summed E-state index contributed by atoms with van der Waals surface area (Å²) in [5.41, 5.74) is 4.19. The van der Waals surface area contributed by atoms with Crippen molar-refractivity contribution in [3.05, 3.63) is 189 Å². The molecule has 9 heterocycles. The molecular formula is C113H182N16O20. The SMILES string of the molecule is C=C1NN(C/C=C/C(=O)C(C)C)CCO1.C=CC(=O)C(C)C.CC(C)C(=O)/C=C/CN(C)C.CC(C)C(=O)/C=C/CN1CCC1.CC(C)C(=O)/C=C/CN1CCOC1=O.CC(C)C(=O)/C=C/CN1CCOCC1=O.CC(C)C(=O)/C=C/CN1COCC1=O.CC(C)C(=O)C1CO1.Cc1cccn1C/C=C/C(=O)C(C)C.Cc1nncn1C/C=C/C(=O)C(C)C.Cc1nnnn1C/C=C/C(=O)C(C)C.[2H]C([2H])([2H])N(C)C/C=C/C(=O)C(C)C. The first-order valence-corrected chi connectivity index (χ1v) is 51.2. The minimum atomic E-state index is -2.09. The second-order valence-electron chi connectivity index (χ2n) is 39.1. The molecule has 834 valence electrons. The number of likely N-dealkylation sites (N-methyl/N-ethyl adjacent to an activating group) is 2. The van der Waals surface area contributed by atoms with Gasteiger partial charge < -0.3 is 57.3 Å². The Hall–Kier alpha value is -12.1. The summed E-state index contributed by atoms with van der Waals surface area (Å²) in [6.07, 6.45) is 39.8. The van der Waals surface area contributed by atoms with Crippen LogP contribution in [-0.2, 0) is 110 Å². The molecule has 3 aromatic heterocycles. The van der Waals surface area contributed by atoms with E-state index in [0.29, 0.717) is 91.4 Å². The molecule has 0 spiro atoms. The van der Waals surface area contributed by atoms with Gasteiger partial charge in [-0.25, -0.2) is 14.5 Å². The number of amides is 3. The standard InChI is InChI=1S/C12H17NO.C11H18N2O2.C11H17NO3.C10H15N3O.2C10H15NO3.C10H17NO.C9H14N4O.2C9H17NO.C6H10O2.C6H10O/c1-10(2)12(14)7-5-9-13-8-4-6-11(13)3;1-9(2)11(14)5-4-6-13-7-8-15-10(3)12-13;1-9(2)10(13)4-3-5-12-6-7-15-8-11(12)14;1-8(2)10(14)5-4-6-13-7-11-12-9(13)3;1-8(2)9(12)4-3-5-11-7-14-6-10(11)13;1-8(2)9(12)4-3-5-11-6-7-14-10(11)13;1-9(2)10(12)5-3-6-11-7-4-8-11;1-7(2)9(14)5-4-6-13-8(3)10-11-12-13;2*1-8(2)9(11)6-5-7-10(3)4;1-4(2)6(7)5-3-8-5;1-4-6(7)5(2)3/h4-8,10H,9H2,1-3H3;4-5,9,12H,3,6-8H2,1-2H3;3-4,9H,5-8H2,1-2H3;4-5,7-8H,6H2,1-3H3;2*3-4,8H,5-7H2,1-2H3;3,5,9H,4,6-8H2,1-2H3;4-5,7H,6H2,1-3H3;2*5-6,8H,7H2,1-4H3;4-5H,3H2,1-2H3;4-5H,1H2,2-3H3/b7-5+;5-4+;4-3+;5-4+;2*4-3+;5-3+;5-4+;2*6-5+;;/i;;;;;;;;3D3;;;. The summed E-state index contributed by atoms with van der Waals surface area (Å²) in [5, 5.41) is 20.5. The van der Waals surface area contributed by atoms with Crippen LogP contribution in [-0.4, -0.2) is 320 Å². The number of morpholine rings is 1. The Morgan fingerprint density at radius 2 is 0.805 bits per heavy atom. The van der Waals surface area contributed by atoms with Crippen LogP contribution in [0.1, 0.15) is 194 Å². The number of ether oxygens (including phenoxy) is 5. The number of nitrogens with zero attached hydrogens (tertiary/aromatic N) is 15. The number of hydrazine groups is 1. The van der Waals surface area contributed by atoms with Crippen molar-refractivity contribution in [1.29, 1.82) is 0 Å². The van der Waals surface area contributed by atoms with Crippen LogP contribution in [0.5, 0.6) is 0 Å². The van der Waals surface area contributed by atoms with Crippen molar-refractivity contribution < 1.29 is 99.7 Å². The van der Waals surface area contributed by atoms with E-state index < -0.39 is 6.98 Å². The Kier molecular flexibility index (Phi) is 75.0. The first kappa shape index (κ1) is 135. The fourth-order valence-electron chi connectivity index (χ4n) is 10.5. The first-order chi connectivity index (χ1) is 71.1. The van der Waals surface area contributed by atoms with E-state index >= 15 is 0 Å². The highest BCUT2D eigenvalue weighted by molar-refractivity contribution is 5.95. The van der Waals surface area contributed by atoms with Crippen molar-refractivity contribution in [3.63, 3.8) is 0 Å². The van der Waals surface area contributed by atoms with Gasteiger partial charge in [-0.15, -0.1) is 15.3 Å². The Morgan fingerprint density at radius 1 is 0.430 bits per heavy atom. The van der Waals surface area contributed by atoms with E-state index in [4.69, 9.17) is 27.8 Å². The number of cyclic esters (lactones) is 1. The number of carbonyl (C=O) groups is 15. The Balaban J connectivity index is -0.00000160. The fourth-order valence-corrected chi connectivity index (χ4v) is 10.5. The molecule has 0 bridgehead atoms. The van der Waals surface area contributed by atoms with Crippen LogP contribution in [0, 0.1) is 91.8 Å². The largest absolute Gasteiger partial charge is 0.477 e. The van der Waals surface area contributed by atoms with Crippen LogP contribution in [0.2, 0.25) is 0 Å². The minimum Gasteiger partial charge on any atom is -0.477 e. The number of hydrogen-bond acceptors (Lipinski definition) is 30. The maximum absolute atomic E-state index is 11.3. The Morgan fingerprint density at radius 3 is 1.12 bits per heavy atom. The number of nitrogens with one attached hydrogen (secondary N) is 1. The molecule has 1 N–H and O–H groups in total. The molecule has 6 saturated heterocycles. The summed E-state index contributed by atoms with van der Waals surface area (Å²) < 4.78 is 51.3. The molecule has 6 aliphatic heterocycles. The van der Waals surface area contributed by atoms with Gasteiger partial charge in [0.1, 0.15) is 57.2 Å². The number of rotatable bonds is 44. The topological polar surface area (TPSA) is 419 Å². The predicted molar refractivity (Wildman–Crippen MR) is 587 cm³/mol. The molecule has 36 heteroatoms. The maximum Gasteiger partial charge on any atom is 0.410 e. The third kappa shape index (κ3) is 73.7. The zero-order chi connectivity index (χ0) is 116. The third-order valence-corrected chi connectivity index (χ3v) is 21.1. The predicted octanol–water partition coefficient (Wildman–Crippen LogP) is 14.4. The number of carbonyl (C=O) groups excluding carboxylic acids is 15. The molecule has 3 aromatic rings. The van der Waals surface area contributed by atoms with E-state index in [1.54, 1.807) is 112 Å². The van der Waals surface area contributed by atoms with Gasteiger partial charge in [0.15, 0.2) is 75.3 Å². The van der Waals surface area contributed by atoms with Crippen molar-refractivity contribution >= 4 is 87.3 Å². The van der Waals surface area contributed by atoms with Gasteiger partial charge >= 0.3 is 6.09 Å². The molecule has 36 nitrogen and oxygen atoms in total. The fraction of sp³-hybridized carbons (Fsp3) is 0.593. The highest BCUT2D eigenvalue weighted by atomic mass is 16.6. The number of aryl methyl sites for hydroxylation is 3. The van der Waals surface area contributed by atoms with Crippen molar-refractivity contribution in [2.24, 2.45) is 71.0 Å². The van der Waals surface area contributed by atoms with Crippen LogP contribution < -0.4 is 5.43 Å². The number of aromatic nitrogens is 8. The van der Waals surface area contributed by atoms with Crippen molar-refractivity contribution in [3.8, 4) is 0 Å². The Bertz CT molecular complexity index is 4730. The third-order valence-electron chi connectivity index (χ3n) is 21.1. The van der Waals surface area contributed by atoms with Gasteiger partial charge in [-0.1, -0.05) is 234 Å². The van der Waals surface area contributed by atoms with E-state index in [2.05, 4.69) is 66.8 Å². The number of hydrogen-bond donors (Lipinski definition) is 1. The van der Waals surface area contributed by atoms with E-state index in [-0.39, 0.29) is 184 Å². The number of tetrazole rings is 1. The second kappa shape index (κ2) is 82.8. The lowest BCUT2D eigenvalue weighted by Crippen LogP contribution is -2.44. The number of likely N-dealkylation sites (tertiary alicyclic amines) is 1. The molecule has 0 saturated carbocycles. The first-order valence-electron chi connectivity index (χ1n) is 52.7. The van der Waals surface area contributed by atoms with Crippen molar-refractivity contribution in [1.82, 2.24) is 79.4 Å². The van der Waals surface area contributed by atoms with Crippen LogP contribution in [0.4, 0.5) is 4.79 Å². The number of epoxide rings is 1. The summed E-state index contributed by atoms with van der Waals surface area (Å²) in [5.74, 6) is 4.56. The summed E-state index contributed by atoms with van der Waals surface area (Å²) in [4.78, 5) is 177. The van der Waals surface area contributed by atoms with Crippen LogP contribution >= 0.6 is 0 Å². The highest BCUT2D eigenvalue weighted by Crippen LogP contribution is 2.16. The van der Waals surface area contributed by atoms with Crippen molar-refractivity contribution in [2.75, 3.05) is 153 Å². The molecule has 9 rings (SSSR count). The van der Waals surface area contributed by atoms with Crippen LogP contribution in [0.15, 0.2) is 171 Å². The minimum absolute atomic E-state index is 0.0109. The van der Waals surface area contributed by atoms with Gasteiger partial charge in [0.25, 0.3) is 5.91 Å². The molecule has 149 heavy (non-hydrogen) atoms. The molecule has 3 amide bonds. The zero-order valence-corrected chi connectivity index (χ0v) is 95.0. The molecule has 0 aliphatic carbocycles. The summed E-state index contributed by atoms with van der Waals surface area (Å²) in [7, 11) is 5.45. The molecule has 6 aliphatic rings. The molecule has 6 fully saturated rings. The molecule has 0 radical (unpaired) electrons. The van der Waals surface area contributed by atoms with Crippen molar-refractivity contribution in [2.45, 2.75) is 219 Å². The quantitative estimate of drug-likeness (QED) is 0.0406. The summed E-state index contributed by atoms with van der Waals surface area (Å²) in [6.45, 7) is 69.1. The average Bonchev–Trinajstić information content (AvgIpc) is 1.70. The summed E-state index contributed by atoms with van der Waals surface area (Å²) >= 11 is 0. The maximum atomic E-state index is 11.3. The van der Waals surface area contributed by atoms with Crippen LogP contribution in [0.3, 0.4) is 0 Å². The van der Waals surface area contributed by atoms with Gasteiger partial charge in [0.2, 0.25) is 5.91 Å². The van der Waals surface area contributed by atoms with Gasteiger partial charge in [-0.2, -0.15) is 0 Å². The van der Waals surface area contributed by atoms with Crippen LogP contribution in [0.25, 0.3) is 0 Å². The smallest absolute Gasteiger partial charge is 0.410 e. The van der Waals surface area contributed by atoms with Gasteiger partial charge in [-0.3, -0.25) is 77.4 Å².